The van der Waals surface area contributed by atoms with Gasteiger partial charge < -0.3 is 4.98 Å². The normalized spacial score (nSPS) is 10.6. The summed E-state index contributed by atoms with van der Waals surface area (Å²) in [7, 11) is 0. The van der Waals surface area contributed by atoms with Crippen molar-refractivity contribution in [2.24, 2.45) is 0 Å². The van der Waals surface area contributed by atoms with Gasteiger partial charge in [0.2, 0.25) is 0 Å². The standard InChI is InChI=1S/C11H12N2OS2/c1-2-8-9(6-7-4-3-5-16-7)12-11(15)13-10(8)14/h3-5H,2,6H2,1H3,(H2,12,13,14,15). The van der Waals surface area contributed by atoms with Crippen molar-refractivity contribution in [3.63, 3.8) is 0 Å². The van der Waals surface area contributed by atoms with Crippen LogP contribution in [0.1, 0.15) is 23.1 Å². The number of aromatic nitrogens is 2. The second kappa shape index (κ2) is 4.76. The first-order valence-electron chi connectivity index (χ1n) is 5.07. The molecule has 0 amide bonds. The minimum atomic E-state index is -0.0715. The molecule has 84 valence electrons. The van der Waals surface area contributed by atoms with E-state index in [0.717, 1.165) is 17.7 Å². The smallest absolute Gasteiger partial charge is 0.255 e. The number of nitrogens with one attached hydrogen (secondary N) is 2. The zero-order valence-electron chi connectivity index (χ0n) is 8.87. The fraction of sp³-hybridized carbons (Fsp3) is 0.273. The van der Waals surface area contributed by atoms with Crippen LogP contribution in [0.5, 0.6) is 0 Å². The molecule has 0 radical (unpaired) electrons. The van der Waals surface area contributed by atoms with Crippen molar-refractivity contribution < 1.29 is 0 Å². The lowest BCUT2D eigenvalue weighted by atomic mass is 10.1. The first kappa shape index (κ1) is 11.3. The minimum absolute atomic E-state index is 0.0715. The highest BCUT2D eigenvalue weighted by molar-refractivity contribution is 7.71. The monoisotopic (exact) mass is 252 g/mol. The SMILES string of the molecule is CCc1c(Cc2cccs2)[nH]c(=S)[nH]c1=O. The molecule has 2 aromatic rings. The van der Waals surface area contributed by atoms with Crippen LogP contribution in [0.3, 0.4) is 0 Å². The van der Waals surface area contributed by atoms with Gasteiger partial charge in [0.25, 0.3) is 5.56 Å². The fourth-order valence-electron chi connectivity index (χ4n) is 1.67. The maximum absolute atomic E-state index is 11.7. The van der Waals surface area contributed by atoms with Crippen LogP contribution < -0.4 is 5.56 Å². The highest BCUT2D eigenvalue weighted by Gasteiger charge is 2.07. The summed E-state index contributed by atoms with van der Waals surface area (Å²) in [6.45, 7) is 1.97. The second-order valence-corrected chi connectivity index (χ2v) is 4.92. The van der Waals surface area contributed by atoms with Gasteiger partial charge in [-0.25, -0.2) is 0 Å². The highest BCUT2D eigenvalue weighted by Crippen LogP contribution is 2.14. The molecule has 0 saturated carbocycles. The van der Waals surface area contributed by atoms with Crippen molar-refractivity contribution in [1.82, 2.24) is 9.97 Å². The molecule has 5 heteroatoms. The largest absolute Gasteiger partial charge is 0.335 e. The summed E-state index contributed by atoms with van der Waals surface area (Å²) < 4.78 is 0.397. The molecule has 0 spiro atoms. The molecule has 2 heterocycles. The molecular formula is C11H12N2OS2. The van der Waals surface area contributed by atoms with Gasteiger partial charge in [0, 0.05) is 22.6 Å². The van der Waals surface area contributed by atoms with Crippen LogP contribution in [0.25, 0.3) is 0 Å². The quantitative estimate of drug-likeness (QED) is 0.825. The van der Waals surface area contributed by atoms with E-state index in [2.05, 4.69) is 16.0 Å². The Hall–Kier alpha value is -1.20. The Morgan fingerprint density at radius 1 is 1.44 bits per heavy atom. The molecule has 0 aliphatic rings. The van der Waals surface area contributed by atoms with Crippen molar-refractivity contribution >= 4 is 23.6 Å². The average Bonchev–Trinajstić information content (AvgIpc) is 2.70. The van der Waals surface area contributed by atoms with E-state index < -0.39 is 0 Å². The fourth-order valence-corrected chi connectivity index (χ4v) is 2.60. The summed E-state index contributed by atoms with van der Waals surface area (Å²) in [6.07, 6.45) is 1.45. The second-order valence-electron chi connectivity index (χ2n) is 3.48. The number of hydrogen-bond donors (Lipinski definition) is 2. The molecule has 0 atom stereocenters. The van der Waals surface area contributed by atoms with E-state index in [1.807, 2.05) is 18.4 Å². The third-order valence-electron chi connectivity index (χ3n) is 2.41. The molecule has 16 heavy (non-hydrogen) atoms. The Balaban J connectivity index is 2.47. The first-order valence-corrected chi connectivity index (χ1v) is 6.36. The first-order chi connectivity index (χ1) is 7.70. The molecule has 2 rings (SSSR count). The van der Waals surface area contributed by atoms with Gasteiger partial charge in [-0.3, -0.25) is 9.78 Å². The van der Waals surface area contributed by atoms with Crippen molar-refractivity contribution in [2.75, 3.05) is 0 Å². The summed E-state index contributed by atoms with van der Waals surface area (Å²) in [6, 6.07) is 4.07. The third-order valence-corrected chi connectivity index (χ3v) is 3.50. The third kappa shape index (κ3) is 2.31. The summed E-state index contributed by atoms with van der Waals surface area (Å²) in [5.41, 5.74) is 1.65. The molecule has 0 aliphatic heterocycles. The van der Waals surface area contributed by atoms with Crippen LogP contribution in [-0.4, -0.2) is 9.97 Å². The molecule has 2 aromatic heterocycles. The van der Waals surface area contributed by atoms with Gasteiger partial charge >= 0.3 is 0 Å². The van der Waals surface area contributed by atoms with Crippen molar-refractivity contribution in [1.29, 1.82) is 0 Å². The van der Waals surface area contributed by atoms with Gasteiger partial charge in [0.05, 0.1) is 0 Å². The summed E-state index contributed by atoms with van der Waals surface area (Å²) in [4.78, 5) is 18.6. The maximum atomic E-state index is 11.7. The summed E-state index contributed by atoms with van der Waals surface area (Å²) in [5, 5.41) is 2.03. The Kier molecular flexibility index (Phi) is 3.36. The molecule has 2 N–H and O–H groups in total. The van der Waals surface area contributed by atoms with Crippen molar-refractivity contribution in [3.8, 4) is 0 Å². The van der Waals surface area contributed by atoms with Gasteiger partial charge in [-0.05, 0) is 30.1 Å². The van der Waals surface area contributed by atoms with Crippen LogP contribution in [0.2, 0.25) is 0 Å². The lowest BCUT2D eigenvalue weighted by Gasteiger charge is -2.05. The highest BCUT2D eigenvalue weighted by atomic mass is 32.1. The van der Waals surface area contributed by atoms with Crippen LogP contribution >= 0.6 is 23.6 Å². The van der Waals surface area contributed by atoms with Crippen molar-refractivity contribution in [2.45, 2.75) is 19.8 Å². The average molecular weight is 252 g/mol. The van der Waals surface area contributed by atoms with Gasteiger partial charge in [0.15, 0.2) is 4.77 Å². The summed E-state index contributed by atoms with van der Waals surface area (Å²) in [5.74, 6) is 0. The Morgan fingerprint density at radius 3 is 2.88 bits per heavy atom. The molecule has 0 fully saturated rings. The molecule has 0 aliphatic carbocycles. The molecule has 3 nitrogen and oxygen atoms in total. The van der Waals surface area contributed by atoms with E-state index in [1.165, 1.54) is 4.88 Å². The molecular weight excluding hydrogens is 240 g/mol. The Morgan fingerprint density at radius 2 is 2.25 bits per heavy atom. The van der Waals surface area contributed by atoms with Crippen molar-refractivity contribution in [3.05, 3.63) is 48.8 Å². The zero-order valence-corrected chi connectivity index (χ0v) is 10.5. The van der Waals surface area contributed by atoms with E-state index in [1.54, 1.807) is 11.3 Å². The maximum Gasteiger partial charge on any atom is 0.255 e. The Labute approximate surface area is 102 Å². The number of rotatable bonds is 3. The van der Waals surface area contributed by atoms with Crippen LogP contribution in [0.15, 0.2) is 22.3 Å². The van der Waals surface area contributed by atoms with Crippen LogP contribution in [-0.2, 0) is 12.8 Å². The van der Waals surface area contributed by atoms with Gasteiger partial charge in [-0.2, -0.15) is 0 Å². The molecule has 0 saturated heterocycles. The molecule has 0 aromatic carbocycles. The number of aromatic amines is 2. The number of hydrogen-bond acceptors (Lipinski definition) is 3. The van der Waals surface area contributed by atoms with E-state index in [-0.39, 0.29) is 5.56 Å². The van der Waals surface area contributed by atoms with Gasteiger partial charge in [0.1, 0.15) is 0 Å². The predicted octanol–water partition coefficient (Wildman–Crippen LogP) is 2.65. The van der Waals surface area contributed by atoms with Gasteiger partial charge in [-0.15, -0.1) is 11.3 Å². The minimum Gasteiger partial charge on any atom is -0.335 e. The number of H-pyrrole nitrogens is 2. The van der Waals surface area contributed by atoms with Gasteiger partial charge in [-0.1, -0.05) is 13.0 Å². The predicted molar refractivity (Wildman–Crippen MR) is 68.8 cm³/mol. The van der Waals surface area contributed by atoms with Crippen LogP contribution in [0.4, 0.5) is 0 Å². The lowest BCUT2D eigenvalue weighted by molar-refractivity contribution is 0.916. The number of thiophene rings is 1. The van der Waals surface area contributed by atoms with E-state index in [9.17, 15) is 4.79 Å². The Bertz CT molecular complexity index is 581. The molecule has 0 bridgehead atoms. The van der Waals surface area contributed by atoms with E-state index >= 15 is 0 Å². The van der Waals surface area contributed by atoms with E-state index in [4.69, 9.17) is 12.2 Å². The topological polar surface area (TPSA) is 48.6 Å². The van der Waals surface area contributed by atoms with E-state index in [0.29, 0.717) is 11.2 Å². The zero-order chi connectivity index (χ0) is 11.5. The lowest BCUT2D eigenvalue weighted by Crippen LogP contribution is -2.17. The van der Waals surface area contributed by atoms with Crippen LogP contribution in [0, 0.1) is 4.77 Å². The summed E-state index contributed by atoms with van der Waals surface area (Å²) >= 11 is 6.66. The molecule has 0 unspecified atom stereocenters.